The lowest BCUT2D eigenvalue weighted by Crippen LogP contribution is -2.11. The van der Waals surface area contributed by atoms with Crippen LogP contribution in [0.25, 0.3) is 0 Å². The summed E-state index contributed by atoms with van der Waals surface area (Å²) in [6.45, 7) is 3.76. The molecule has 0 aliphatic carbocycles. The zero-order chi connectivity index (χ0) is 18.6. The van der Waals surface area contributed by atoms with E-state index in [0.717, 1.165) is 12.1 Å². The summed E-state index contributed by atoms with van der Waals surface area (Å²) in [6.07, 6.45) is 0.370. The molecule has 0 unspecified atom stereocenters. The van der Waals surface area contributed by atoms with Gasteiger partial charge in [-0.3, -0.25) is 14.9 Å². The molecule has 0 bridgehead atoms. The molecule has 0 heterocycles. The molecule has 0 spiro atoms. The molecule has 0 N–H and O–H groups in total. The number of halogens is 1. The number of non-ortho nitro benzene ring substituents is 1. The summed E-state index contributed by atoms with van der Waals surface area (Å²) in [5.41, 5.74) is -0.112. The summed E-state index contributed by atoms with van der Waals surface area (Å²) in [6, 6.07) is 8.10. The molecule has 130 valence electrons. The fourth-order valence-electron chi connectivity index (χ4n) is 1.97. The van der Waals surface area contributed by atoms with Crippen LogP contribution in [-0.2, 0) is 0 Å². The van der Waals surface area contributed by atoms with Crippen LogP contribution >= 0.6 is 15.9 Å². The highest BCUT2D eigenvalue weighted by atomic mass is 79.9. The molecule has 2 aromatic rings. The summed E-state index contributed by atoms with van der Waals surface area (Å²) >= 11 is 3.32. The average molecular weight is 408 g/mol. The van der Waals surface area contributed by atoms with E-state index in [1.54, 1.807) is 6.07 Å². The van der Waals surface area contributed by atoms with Crippen molar-refractivity contribution in [2.24, 2.45) is 0 Å². The molecule has 25 heavy (non-hydrogen) atoms. The van der Waals surface area contributed by atoms with Crippen molar-refractivity contribution in [1.82, 2.24) is 0 Å². The van der Waals surface area contributed by atoms with Crippen LogP contribution in [-0.4, -0.2) is 23.3 Å². The minimum Gasteiger partial charge on any atom is -0.490 e. The molecule has 2 rings (SSSR count). The van der Waals surface area contributed by atoms with E-state index in [9.17, 15) is 19.7 Å². The van der Waals surface area contributed by atoms with Gasteiger partial charge in [0.1, 0.15) is 11.5 Å². The summed E-state index contributed by atoms with van der Waals surface area (Å²) < 4.78 is 11.3. The Hall–Kier alpha value is -2.74. The van der Waals surface area contributed by atoms with Crippen LogP contribution in [0.5, 0.6) is 11.5 Å². The highest BCUT2D eigenvalue weighted by Crippen LogP contribution is 2.28. The van der Waals surface area contributed by atoms with Gasteiger partial charge in [0.05, 0.1) is 26.6 Å². The number of esters is 1. The van der Waals surface area contributed by atoms with Gasteiger partial charge in [-0.05, 0) is 54.0 Å². The van der Waals surface area contributed by atoms with Gasteiger partial charge in [0, 0.05) is 12.1 Å². The number of rotatable bonds is 6. The van der Waals surface area contributed by atoms with E-state index in [2.05, 4.69) is 15.9 Å². The number of nitro groups is 1. The molecule has 0 aliphatic heterocycles. The van der Waals surface area contributed by atoms with Crippen LogP contribution in [0.15, 0.2) is 40.9 Å². The number of carbonyl (C=O) groups excluding carboxylic acids is 2. The van der Waals surface area contributed by atoms with Crippen molar-refractivity contribution in [1.29, 1.82) is 0 Å². The van der Waals surface area contributed by atoms with Crippen molar-refractivity contribution in [3.05, 3.63) is 62.1 Å². The van der Waals surface area contributed by atoms with Crippen molar-refractivity contribution in [2.45, 2.75) is 20.0 Å². The third-order valence-corrected chi connectivity index (χ3v) is 3.68. The highest BCUT2D eigenvalue weighted by Gasteiger charge is 2.16. The average Bonchev–Trinajstić information content (AvgIpc) is 2.56. The first kappa shape index (κ1) is 18.6. The molecule has 0 saturated heterocycles. The van der Waals surface area contributed by atoms with E-state index in [1.807, 2.05) is 13.8 Å². The molecule has 2 aromatic carbocycles. The molecule has 8 heteroatoms. The molecule has 0 aliphatic rings. The summed E-state index contributed by atoms with van der Waals surface area (Å²) in [5.74, 6) is -0.173. The van der Waals surface area contributed by atoms with Gasteiger partial charge in [0.15, 0.2) is 6.29 Å². The summed E-state index contributed by atoms with van der Waals surface area (Å²) in [4.78, 5) is 33.4. The molecule has 0 atom stereocenters. The van der Waals surface area contributed by atoms with E-state index in [0.29, 0.717) is 16.5 Å². The first-order chi connectivity index (χ1) is 11.8. The minimum atomic E-state index is -0.700. The molecule has 0 amide bonds. The molecular formula is C17H14BrNO6. The van der Waals surface area contributed by atoms with Gasteiger partial charge in [-0.15, -0.1) is 0 Å². The number of aldehydes is 1. The highest BCUT2D eigenvalue weighted by molar-refractivity contribution is 9.10. The Morgan fingerprint density at radius 1 is 1.20 bits per heavy atom. The zero-order valence-corrected chi connectivity index (χ0v) is 15.0. The van der Waals surface area contributed by atoms with E-state index in [4.69, 9.17) is 9.47 Å². The Kier molecular flexibility index (Phi) is 5.87. The lowest BCUT2D eigenvalue weighted by Gasteiger charge is -2.12. The van der Waals surface area contributed by atoms with Gasteiger partial charge < -0.3 is 9.47 Å². The van der Waals surface area contributed by atoms with Crippen LogP contribution in [0, 0.1) is 10.1 Å². The number of ether oxygens (including phenoxy) is 2. The van der Waals surface area contributed by atoms with Crippen LogP contribution < -0.4 is 9.47 Å². The second kappa shape index (κ2) is 7.89. The summed E-state index contributed by atoms with van der Waals surface area (Å²) in [7, 11) is 0. The maximum absolute atomic E-state index is 12.3. The number of hydrogen-bond acceptors (Lipinski definition) is 6. The Labute approximate surface area is 151 Å². The predicted molar refractivity (Wildman–Crippen MR) is 93.3 cm³/mol. The van der Waals surface area contributed by atoms with Gasteiger partial charge in [0.2, 0.25) is 0 Å². The Morgan fingerprint density at radius 2 is 1.88 bits per heavy atom. The Balaban J connectivity index is 2.23. The SMILES string of the molecule is CC(C)Oc1ccc(C(=O)Oc2ccc([N+](=O)[O-])cc2C=O)cc1Br. The van der Waals surface area contributed by atoms with Crippen molar-refractivity contribution >= 4 is 33.9 Å². The largest absolute Gasteiger partial charge is 0.490 e. The van der Waals surface area contributed by atoms with Gasteiger partial charge >= 0.3 is 5.97 Å². The number of nitrogens with zero attached hydrogens (tertiary/aromatic N) is 1. The van der Waals surface area contributed by atoms with Crippen molar-refractivity contribution in [2.75, 3.05) is 0 Å². The Morgan fingerprint density at radius 3 is 2.44 bits per heavy atom. The van der Waals surface area contributed by atoms with Crippen LogP contribution in [0.3, 0.4) is 0 Å². The van der Waals surface area contributed by atoms with Crippen molar-refractivity contribution in [3.8, 4) is 11.5 Å². The topological polar surface area (TPSA) is 95.7 Å². The number of benzene rings is 2. The molecular weight excluding hydrogens is 394 g/mol. The van der Waals surface area contributed by atoms with Gasteiger partial charge in [0.25, 0.3) is 5.69 Å². The van der Waals surface area contributed by atoms with Gasteiger partial charge in [-0.2, -0.15) is 0 Å². The maximum Gasteiger partial charge on any atom is 0.343 e. The minimum absolute atomic E-state index is 0.0237. The third-order valence-electron chi connectivity index (χ3n) is 3.06. The van der Waals surface area contributed by atoms with E-state index in [-0.39, 0.29) is 28.7 Å². The summed E-state index contributed by atoms with van der Waals surface area (Å²) in [5, 5.41) is 10.7. The van der Waals surface area contributed by atoms with Gasteiger partial charge in [-0.1, -0.05) is 0 Å². The lowest BCUT2D eigenvalue weighted by atomic mass is 10.2. The fourth-order valence-corrected chi connectivity index (χ4v) is 2.44. The molecule has 7 nitrogen and oxygen atoms in total. The number of carbonyl (C=O) groups is 2. The zero-order valence-electron chi connectivity index (χ0n) is 13.4. The van der Waals surface area contributed by atoms with E-state index in [1.165, 1.54) is 18.2 Å². The molecule has 0 saturated carbocycles. The second-order valence-corrected chi connectivity index (χ2v) is 6.15. The second-order valence-electron chi connectivity index (χ2n) is 5.30. The quantitative estimate of drug-likeness (QED) is 0.234. The standard InChI is InChI=1S/C17H14BrNO6/c1-10(2)24-16-5-3-11(8-14(16)18)17(21)25-15-6-4-13(19(22)23)7-12(15)9-20/h3-10H,1-2H3. The Bertz CT molecular complexity index is 834. The van der Waals surface area contributed by atoms with E-state index < -0.39 is 10.9 Å². The van der Waals surface area contributed by atoms with E-state index >= 15 is 0 Å². The first-order valence-corrected chi connectivity index (χ1v) is 8.03. The smallest absolute Gasteiger partial charge is 0.343 e. The van der Waals surface area contributed by atoms with Gasteiger partial charge in [-0.25, -0.2) is 4.79 Å². The maximum atomic E-state index is 12.3. The monoisotopic (exact) mass is 407 g/mol. The van der Waals surface area contributed by atoms with Crippen LogP contribution in [0.1, 0.15) is 34.6 Å². The number of hydrogen-bond donors (Lipinski definition) is 0. The number of nitro benzene ring substituents is 1. The van der Waals surface area contributed by atoms with Crippen LogP contribution in [0.2, 0.25) is 0 Å². The van der Waals surface area contributed by atoms with Crippen molar-refractivity contribution < 1.29 is 24.0 Å². The third kappa shape index (κ3) is 4.63. The normalized spacial score (nSPS) is 10.4. The predicted octanol–water partition coefficient (Wildman–Crippen LogP) is 4.18. The molecule has 0 radical (unpaired) electrons. The molecule has 0 aromatic heterocycles. The lowest BCUT2D eigenvalue weighted by molar-refractivity contribution is -0.384. The van der Waals surface area contributed by atoms with Crippen LogP contribution in [0.4, 0.5) is 5.69 Å². The molecule has 0 fully saturated rings. The van der Waals surface area contributed by atoms with Crippen molar-refractivity contribution in [3.63, 3.8) is 0 Å². The fraction of sp³-hybridized carbons (Fsp3) is 0.176. The first-order valence-electron chi connectivity index (χ1n) is 7.24.